The van der Waals surface area contributed by atoms with Gasteiger partial charge in [0.25, 0.3) is 5.56 Å². The van der Waals surface area contributed by atoms with Crippen molar-refractivity contribution in [2.75, 3.05) is 19.6 Å². The highest BCUT2D eigenvalue weighted by molar-refractivity contribution is 6.33. The van der Waals surface area contributed by atoms with E-state index in [4.69, 9.17) is 11.6 Å². The molecular formula is C22H27ClN4O2. The quantitative estimate of drug-likeness (QED) is 0.816. The predicted molar refractivity (Wildman–Crippen MR) is 114 cm³/mol. The van der Waals surface area contributed by atoms with Crippen LogP contribution < -0.4 is 10.9 Å². The molecule has 2 unspecified atom stereocenters. The summed E-state index contributed by atoms with van der Waals surface area (Å²) in [6, 6.07) is 11.0. The second kappa shape index (κ2) is 9.09. The van der Waals surface area contributed by atoms with Crippen LogP contribution >= 0.6 is 11.6 Å². The Bertz CT molecular complexity index is 927. The summed E-state index contributed by atoms with van der Waals surface area (Å²) in [6.07, 6.45) is 6.13. The predicted octanol–water partition coefficient (Wildman–Crippen LogP) is 2.94. The molecule has 2 fully saturated rings. The molecule has 2 saturated heterocycles. The van der Waals surface area contributed by atoms with E-state index in [0.29, 0.717) is 29.2 Å². The molecule has 2 atom stereocenters. The molecular weight excluding hydrogens is 388 g/mol. The lowest BCUT2D eigenvalue weighted by atomic mass is 9.83. The van der Waals surface area contributed by atoms with Crippen molar-refractivity contribution < 1.29 is 4.79 Å². The summed E-state index contributed by atoms with van der Waals surface area (Å²) in [5.41, 5.74) is 1.02. The normalized spacial score (nSPS) is 22.1. The van der Waals surface area contributed by atoms with Gasteiger partial charge in [-0.2, -0.15) is 5.10 Å². The van der Waals surface area contributed by atoms with E-state index in [1.807, 2.05) is 18.2 Å². The number of rotatable bonds is 5. The van der Waals surface area contributed by atoms with Crippen molar-refractivity contribution in [2.24, 2.45) is 5.92 Å². The summed E-state index contributed by atoms with van der Waals surface area (Å²) in [5.74, 6) is 0.316. The average molecular weight is 415 g/mol. The third kappa shape index (κ3) is 4.70. The largest absolute Gasteiger partial charge is 0.354 e. The molecule has 0 bridgehead atoms. The molecule has 7 heteroatoms. The number of carbonyl (C=O) groups is 1. The molecule has 29 heavy (non-hydrogen) atoms. The van der Waals surface area contributed by atoms with Crippen LogP contribution in [0.1, 0.15) is 32.1 Å². The number of piperidine rings is 2. The van der Waals surface area contributed by atoms with E-state index in [2.05, 4.69) is 15.3 Å². The van der Waals surface area contributed by atoms with Crippen LogP contribution in [0.3, 0.4) is 0 Å². The van der Waals surface area contributed by atoms with E-state index >= 15 is 0 Å². The fourth-order valence-electron chi connectivity index (χ4n) is 4.63. The van der Waals surface area contributed by atoms with Gasteiger partial charge in [-0.25, -0.2) is 4.68 Å². The Morgan fingerprint density at radius 3 is 2.79 bits per heavy atom. The van der Waals surface area contributed by atoms with Gasteiger partial charge in [-0.1, -0.05) is 36.2 Å². The first-order chi connectivity index (χ1) is 14.1. The third-order valence-electron chi connectivity index (χ3n) is 6.10. The van der Waals surface area contributed by atoms with Crippen LogP contribution in [0.15, 0.2) is 41.2 Å². The molecule has 1 aromatic carbocycles. The van der Waals surface area contributed by atoms with Gasteiger partial charge in [0.1, 0.15) is 6.54 Å². The zero-order valence-electron chi connectivity index (χ0n) is 16.5. The fourth-order valence-corrected chi connectivity index (χ4v) is 4.86. The van der Waals surface area contributed by atoms with Gasteiger partial charge in [-0.05, 0) is 56.8 Å². The second-order valence-corrected chi connectivity index (χ2v) is 8.41. The molecule has 0 radical (unpaired) electrons. The molecule has 0 aliphatic carbocycles. The van der Waals surface area contributed by atoms with Gasteiger partial charge in [0.05, 0.1) is 10.7 Å². The first-order valence-electron chi connectivity index (χ1n) is 10.5. The number of nitrogens with zero attached hydrogens (tertiary/aromatic N) is 3. The summed E-state index contributed by atoms with van der Waals surface area (Å²) in [4.78, 5) is 27.3. The molecule has 0 spiro atoms. The average Bonchev–Trinajstić information content (AvgIpc) is 2.74. The summed E-state index contributed by atoms with van der Waals surface area (Å²) in [7, 11) is 0. The van der Waals surface area contributed by atoms with E-state index in [0.717, 1.165) is 12.0 Å². The Balaban J connectivity index is 1.40. The molecule has 3 heterocycles. The van der Waals surface area contributed by atoms with E-state index in [1.165, 1.54) is 49.5 Å². The van der Waals surface area contributed by atoms with Gasteiger partial charge >= 0.3 is 0 Å². The molecule has 6 nitrogen and oxygen atoms in total. The van der Waals surface area contributed by atoms with Gasteiger partial charge in [0.2, 0.25) is 5.91 Å². The number of halogens is 1. The number of benzene rings is 1. The number of hydrogen-bond donors (Lipinski definition) is 1. The van der Waals surface area contributed by atoms with Crippen LogP contribution in [0.4, 0.5) is 0 Å². The molecule has 1 N–H and O–H groups in total. The monoisotopic (exact) mass is 414 g/mol. The van der Waals surface area contributed by atoms with Gasteiger partial charge in [0.15, 0.2) is 0 Å². The lowest BCUT2D eigenvalue weighted by molar-refractivity contribution is -0.122. The fraction of sp³-hybridized carbons (Fsp3) is 0.500. The molecule has 1 amide bonds. The molecule has 0 saturated carbocycles. The Morgan fingerprint density at radius 2 is 1.93 bits per heavy atom. The van der Waals surface area contributed by atoms with Crippen LogP contribution in [0.5, 0.6) is 0 Å². The summed E-state index contributed by atoms with van der Waals surface area (Å²) in [5, 5.41) is 7.95. The summed E-state index contributed by atoms with van der Waals surface area (Å²) in [6.45, 7) is 2.95. The minimum absolute atomic E-state index is 0.0851. The van der Waals surface area contributed by atoms with Crippen LogP contribution in [-0.2, 0) is 11.3 Å². The summed E-state index contributed by atoms with van der Waals surface area (Å²) < 4.78 is 1.21. The molecule has 2 aliphatic rings. The Morgan fingerprint density at radius 1 is 1.10 bits per heavy atom. The van der Waals surface area contributed by atoms with Gasteiger partial charge in [-0.15, -0.1) is 0 Å². The zero-order valence-corrected chi connectivity index (χ0v) is 17.3. The standard InChI is InChI=1S/C22H27ClN4O2/c23-18-8-2-1-7-17(18)19-10-11-22(29)27(25-19)15-21(28)24-14-16-6-5-13-26-12-4-3-9-20(16)26/h1-2,7-8,10-11,16,20H,3-6,9,12-15H2,(H,24,28). The van der Waals surface area contributed by atoms with Crippen LogP contribution in [-0.4, -0.2) is 46.3 Å². The highest BCUT2D eigenvalue weighted by Crippen LogP contribution is 2.30. The van der Waals surface area contributed by atoms with E-state index in [9.17, 15) is 9.59 Å². The Hall–Kier alpha value is -2.18. The van der Waals surface area contributed by atoms with Crippen molar-refractivity contribution in [1.82, 2.24) is 20.0 Å². The first-order valence-corrected chi connectivity index (χ1v) is 10.8. The minimum atomic E-state index is -0.299. The van der Waals surface area contributed by atoms with Gasteiger partial charge in [-0.3, -0.25) is 9.59 Å². The molecule has 1 aromatic heterocycles. The lowest BCUT2D eigenvalue weighted by Crippen LogP contribution is -2.51. The smallest absolute Gasteiger partial charge is 0.267 e. The maximum Gasteiger partial charge on any atom is 0.267 e. The van der Waals surface area contributed by atoms with Gasteiger partial charge in [0, 0.05) is 24.2 Å². The van der Waals surface area contributed by atoms with Gasteiger partial charge < -0.3 is 10.2 Å². The highest BCUT2D eigenvalue weighted by atomic mass is 35.5. The van der Waals surface area contributed by atoms with E-state index in [1.54, 1.807) is 12.1 Å². The van der Waals surface area contributed by atoms with Crippen molar-refractivity contribution in [1.29, 1.82) is 0 Å². The number of nitrogens with one attached hydrogen (secondary N) is 1. The van der Waals surface area contributed by atoms with Crippen molar-refractivity contribution in [3.05, 3.63) is 51.8 Å². The number of amides is 1. The third-order valence-corrected chi connectivity index (χ3v) is 6.43. The lowest BCUT2D eigenvalue weighted by Gasteiger charge is -2.44. The maximum atomic E-state index is 12.5. The van der Waals surface area contributed by atoms with Crippen LogP contribution in [0.2, 0.25) is 5.02 Å². The Kier molecular flexibility index (Phi) is 6.31. The maximum absolute atomic E-state index is 12.5. The number of hydrogen-bond acceptors (Lipinski definition) is 4. The molecule has 2 aromatic rings. The van der Waals surface area contributed by atoms with Crippen LogP contribution in [0.25, 0.3) is 11.3 Å². The van der Waals surface area contributed by atoms with Crippen molar-refractivity contribution in [2.45, 2.75) is 44.7 Å². The SMILES string of the molecule is O=C(Cn1nc(-c2ccccc2Cl)ccc1=O)NCC1CCCN2CCCCC12. The Labute approximate surface area is 175 Å². The van der Waals surface area contributed by atoms with Crippen molar-refractivity contribution >= 4 is 17.5 Å². The number of carbonyl (C=O) groups excluding carboxylic acids is 1. The zero-order chi connectivity index (χ0) is 20.2. The number of fused-ring (bicyclic) bond motifs is 1. The first kappa shape index (κ1) is 20.1. The number of aromatic nitrogens is 2. The summed E-state index contributed by atoms with van der Waals surface area (Å²) >= 11 is 6.24. The van der Waals surface area contributed by atoms with Crippen molar-refractivity contribution in [3.63, 3.8) is 0 Å². The topological polar surface area (TPSA) is 67.2 Å². The molecule has 154 valence electrons. The van der Waals surface area contributed by atoms with Crippen LogP contribution in [0, 0.1) is 5.92 Å². The van der Waals surface area contributed by atoms with E-state index < -0.39 is 0 Å². The molecule has 2 aliphatic heterocycles. The second-order valence-electron chi connectivity index (χ2n) is 8.00. The highest BCUT2D eigenvalue weighted by Gasteiger charge is 2.32. The minimum Gasteiger partial charge on any atom is -0.354 e. The molecule has 4 rings (SSSR count). The van der Waals surface area contributed by atoms with E-state index in [-0.39, 0.29) is 18.0 Å². The van der Waals surface area contributed by atoms with Crippen molar-refractivity contribution in [3.8, 4) is 11.3 Å².